The standard InChI is InChI=1S/C29H18N2O3/c32-27-23-9-5-4-8-21(23)22-15-14-20(16-24(22)27)26-25(17-6-2-1-3-7-17)30-28(31-26)18-10-12-19(13-11-18)29(33)34/h1-16H,(H,30,31)(H,33,34). The van der Waals surface area contributed by atoms with Crippen molar-refractivity contribution in [2.45, 2.75) is 0 Å². The molecule has 0 saturated heterocycles. The van der Waals surface area contributed by atoms with Gasteiger partial charge in [-0.25, -0.2) is 9.78 Å². The summed E-state index contributed by atoms with van der Waals surface area (Å²) in [5, 5.41) is 9.20. The molecule has 0 fully saturated rings. The van der Waals surface area contributed by atoms with Crippen molar-refractivity contribution in [3.05, 3.63) is 114 Å². The Hall–Kier alpha value is -4.77. The summed E-state index contributed by atoms with van der Waals surface area (Å²) < 4.78 is 0. The van der Waals surface area contributed by atoms with E-state index in [9.17, 15) is 14.7 Å². The molecule has 0 aliphatic heterocycles. The Morgan fingerprint density at radius 3 is 2.06 bits per heavy atom. The van der Waals surface area contributed by atoms with E-state index in [0.29, 0.717) is 11.4 Å². The smallest absolute Gasteiger partial charge is 0.335 e. The molecule has 162 valence electrons. The number of imidazole rings is 1. The molecule has 0 amide bonds. The van der Waals surface area contributed by atoms with Gasteiger partial charge in [-0.2, -0.15) is 0 Å². The summed E-state index contributed by atoms with van der Waals surface area (Å²) in [5.74, 6) is -0.324. The number of carbonyl (C=O) groups is 2. The molecular weight excluding hydrogens is 424 g/mol. The summed E-state index contributed by atoms with van der Waals surface area (Å²) in [5.41, 5.74) is 7.65. The Kier molecular flexibility index (Phi) is 4.49. The number of aromatic carboxylic acids is 1. The number of carbonyl (C=O) groups excluding carboxylic acids is 1. The van der Waals surface area contributed by atoms with Crippen LogP contribution in [0.2, 0.25) is 0 Å². The zero-order valence-corrected chi connectivity index (χ0v) is 17.9. The highest BCUT2D eigenvalue weighted by Crippen LogP contribution is 2.40. The molecule has 1 aromatic heterocycles. The number of carboxylic acids is 1. The Balaban J connectivity index is 1.50. The van der Waals surface area contributed by atoms with E-state index in [-0.39, 0.29) is 11.3 Å². The van der Waals surface area contributed by atoms with Crippen LogP contribution in [0.5, 0.6) is 0 Å². The topological polar surface area (TPSA) is 83.0 Å². The fraction of sp³-hybridized carbons (Fsp3) is 0. The van der Waals surface area contributed by atoms with Crippen molar-refractivity contribution in [2.75, 3.05) is 0 Å². The maximum absolute atomic E-state index is 13.1. The summed E-state index contributed by atoms with van der Waals surface area (Å²) >= 11 is 0. The molecule has 0 atom stereocenters. The van der Waals surface area contributed by atoms with Crippen LogP contribution in [0.15, 0.2) is 97.1 Å². The second kappa shape index (κ2) is 7.67. The van der Waals surface area contributed by atoms with Gasteiger partial charge in [0.25, 0.3) is 0 Å². The molecule has 2 N–H and O–H groups in total. The van der Waals surface area contributed by atoms with Crippen molar-refractivity contribution in [1.29, 1.82) is 0 Å². The number of aromatic amines is 1. The number of rotatable bonds is 4. The van der Waals surface area contributed by atoms with E-state index in [1.807, 2.05) is 72.8 Å². The molecule has 5 nitrogen and oxygen atoms in total. The molecule has 5 aromatic rings. The van der Waals surface area contributed by atoms with Crippen LogP contribution in [-0.2, 0) is 0 Å². The summed E-state index contributed by atoms with van der Waals surface area (Å²) in [6, 6.07) is 30.0. The van der Waals surface area contributed by atoms with E-state index in [1.54, 1.807) is 24.3 Å². The lowest BCUT2D eigenvalue weighted by atomic mass is 9.99. The molecule has 1 heterocycles. The highest BCUT2D eigenvalue weighted by molar-refractivity contribution is 6.22. The molecule has 5 heteroatoms. The lowest BCUT2D eigenvalue weighted by molar-refractivity contribution is 0.0696. The molecule has 0 saturated carbocycles. The Labute approximate surface area is 195 Å². The van der Waals surface area contributed by atoms with Crippen LogP contribution in [0.3, 0.4) is 0 Å². The lowest BCUT2D eigenvalue weighted by Crippen LogP contribution is -1.95. The second-order valence-electron chi connectivity index (χ2n) is 8.19. The first-order chi connectivity index (χ1) is 16.6. The predicted molar refractivity (Wildman–Crippen MR) is 131 cm³/mol. The summed E-state index contributed by atoms with van der Waals surface area (Å²) in [4.78, 5) is 32.6. The Morgan fingerprint density at radius 2 is 1.32 bits per heavy atom. The van der Waals surface area contributed by atoms with E-state index in [0.717, 1.165) is 44.8 Å². The minimum absolute atomic E-state index is 0.0220. The third-order valence-corrected chi connectivity index (χ3v) is 6.17. The number of hydrogen-bond donors (Lipinski definition) is 2. The van der Waals surface area contributed by atoms with Gasteiger partial charge in [-0.1, -0.05) is 78.9 Å². The van der Waals surface area contributed by atoms with E-state index in [4.69, 9.17) is 4.98 Å². The number of H-pyrrole nitrogens is 1. The van der Waals surface area contributed by atoms with Gasteiger partial charge in [0.2, 0.25) is 0 Å². The minimum Gasteiger partial charge on any atom is -0.478 e. The summed E-state index contributed by atoms with van der Waals surface area (Å²) in [6.45, 7) is 0. The molecule has 1 aliphatic rings. The highest BCUT2D eigenvalue weighted by Gasteiger charge is 2.27. The number of benzene rings is 4. The summed E-state index contributed by atoms with van der Waals surface area (Å²) in [6.07, 6.45) is 0. The van der Waals surface area contributed by atoms with Crippen LogP contribution < -0.4 is 0 Å². The van der Waals surface area contributed by atoms with Gasteiger partial charge < -0.3 is 10.1 Å². The minimum atomic E-state index is -0.972. The SMILES string of the molecule is O=C(O)c1ccc(-c2nc(-c3ccc4c(c3)C(=O)c3ccccc3-4)c(-c3ccccc3)[nH]2)cc1. The molecule has 4 aromatic carbocycles. The van der Waals surface area contributed by atoms with E-state index in [2.05, 4.69) is 4.98 Å². The van der Waals surface area contributed by atoms with E-state index < -0.39 is 5.97 Å². The van der Waals surface area contributed by atoms with Crippen LogP contribution in [0.1, 0.15) is 26.3 Å². The number of nitrogens with one attached hydrogen (secondary N) is 1. The first-order valence-electron chi connectivity index (χ1n) is 10.9. The van der Waals surface area contributed by atoms with Crippen molar-refractivity contribution < 1.29 is 14.7 Å². The lowest BCUT2D eigenvalue weighted by Gasteiger charge is -2.06. The third kappa shape index (κ3) is 3.14. The van der Waals surface area contributed by atoms with Crippen molar-refractivity contribution in [3.63, 3.8) is 0 Å². The second-order valence-corrected chi connectivity index (χ2v) is 8.19. The molecule has 34 heavy (non-hydrogen) atoms. The number of hydrogen-bond acceptors (Lipinski definition) is 3. The molecule has 0 spiro atoms. The van der Waals surface area contributed by atoms with Crippen molar-refractivity contribution in [3.8, 4) is 45.0 Å². The Bertz CT molecular complexity index is 1580. The number of aromatic nitrogens is 2. The fourth-order valence-corrected chi connectivity index (χ4v) is 4.48. The van der Waals surface area contributed by atoms with Crippen LogP contribution in [0.4, 0.5) is 0 Å². The van der Waals surface area contributed by atoms with Crippen LogP contribution >= 0.6 is 0 Å². The average molecular weight is 442 g/mol. The monoisotopic (exact) mass is 442 g/mol. The van der Waals surface area contributed by atoms with Crippen molar-refractivity contribution in [1.82, 2.24) is 9.97 Å². The third-order valence-electron chi connectivity index (χ3n) is 6.17. The van der Waals surface area contributed by atoms with Gasteiger partial charge in [0.15, 0.2) is 5.78 Å². The van der Waals surface area contributed by atoms with Gasteiger partial charge >= 0.3 is 5.97 Å². The van der Waals surface area contributed by atoms with E-state index >= 15 is 0 Å². The van der Waals surface area contributed by atoms with Crippen LogP contribution in [0.25, 0.3) is 45.0 Å². The summed E-state index contributed by atoms with van der Waals surface area (Å²) in [7, 11) is 0. The number of carboxylic acid groups (broad SMARTS) is 1. The first kappa shape index (κ1) is 19.9. The first-order valence-corrected chi connectivity index (χ1v) is 10.9. The van der Waals surface area contributed by atoms with Crippen LogP contribution in [0, 0.1) is 0 Å². The van der Waals surface area contributed by atoms with Gasteiger partial charge in [-0.3, -0.25) is 4.79 Å². The Morgan fingerprint density at radius 1 is 0.676 bits per heavy atom. The van der Waals surface area contributed by atoms with Gasteiger partial charge in [-0.05, 0) is 29.3 Å². The van der Waals surface area contributed by atoms with Gasteiger partial charge in [0, 0.05) is 27.8 Å². The van der Waals surface area contributed by atoms with Gasteiger partial charge in [0.05, 0.1) is 17.0 Å². The quantitative estimate of drug-likeness (QED) is 0.335. The van der Waals surface area contributed by atoms with Crippen LogP contribution in [-0.4, -0.2) is 26.8 Å². The highest BCUT2D eigenvalue weighted by atomic mass is 16.4. The fourth-order valence-electron chi connectivity index (χ4n) is 4.48. The molecule has 0 bridgehead atoms. The molecule has 6 rings (SSSR count). The average Bonchev–Trinajstić information content (AvgIpc) is 3.45. The molecule has 1 aliphatic carbocycles. The number of ketones is 1. The van der Waals surface area contributed by atoms with Gasteiger partial charge in [0.1, 0.15) is 5.82 Å². The predicted octanol–water partition coefficient (Wildman–Crippen LogP) is 6.32. The maximum atomic E-state index is 13.1. The number of fused-ring (bicyclic) bond motifs is 3. The largest absolute Gasteiger partial charge is 0.478 e. The van der Waals surface area contributed by atoms with E-state index in [1.165, 1.54) is 0 Å². The molecular formula is C29H18N2O3. The molecule has 0 unspecified atom stereocenters. The van der Waals surface area contributed by atoms with Crippen molar-refractivity contribution >= 4 is 11.8 Å². The van der Waals surface area contributed by atoms with Gasteiger partial charge in [-0.15, -0.1) is 0 Å². The van der Waals surface area contributed by atoms with Crippen molar-refractivity contribution in [2.24, 2.45) is 0 Å². The maximum Gasteiger partial charge on any atom is 0.335 e. The zero-order chi connectivity index (χ0) is 23.2. The number of nitrogens with zero attached hydrogens (tertiary/aromatic N) is 1. The molecule has 0 radical (unpaired) electrons. The normalized spacial score (nSPS) is 11.8. The zero-order valence-electron chi connectivity index (χ0n) is 17.9.